The maximum absolute atomic E-state index is 12.1. The quantitative estimate of drug-likeness (QED) is 0.787. The molecule has 0 bridgehead atoms. The monoisotopic (exact) mass is 258 g/mol. The number of hydrogen-bond donors (Lipinski definition) is 2. The van der Waals surface area contributed by atoms with E-state index in [1.54, 1.807) is 18.5 Å². The van der Waals surface area contributed by atoms with Crippen LogP contribution in [-0.2, 0) is 0 Å². The normalized spacial score (nSPS) is 21.6. The standard InChI is InChI=1S/C15H18N2O2/c1-11-4-2-6-14(11)17-15(19)13-8-12(5-3-7-18)9-16-10-13/h8-11,14,18H,2,4,6-7H2,1H3,(H,17,19). The number of aliphatic hydroxyl groups excluding tert-OH is 1. The van der Waals surface area contributed by atoms with Gasteiger partial charge in [-0.25, -0.2) is 0 Å². The zero-order valence-electron chi connectivity index (χ0n) is 11.0. The second-order valence-electron chi connectivity index (χ2n) is 4.91. The Morgan fingerprint density at radius 2 is 2.37 bits per heavy atom. The van der Waals surface area contributed by atoms with Crippen molar-refractivity contribution in [3.63, 3.8) is 0 Å². The molecule has 2 N–H and O–H groups in total. The lowest BCUT2D eigenvalue weighted by Crippen LogP contribution is -2.36. The van der Waals surface area contributed by atoms with E-state index in [2.05, 4.69) is 29.1 Å². The molecule has 1 fully saturated rings. The first-order valence-electron chi connectivity index (χ1n) is 6.56. The average molecular weight is 258 g/mol. The first-order valence-corrected chi connectivity index (χ1v) is 6.56. The van der Waals surface area contributed by atoms with Crippen LogP contribution in [0.1, 0.15) is 42.1 Å². The number of carbonyl (C=O) groups is 1. The fourth-order valence-electron chi connectivity index (χ4n) is 2.39. The maximum atomic E-state index is 12.1. The van der Waals surface area contributed by atoms with Crippen molar-refractivity contribution in [2.75, 3.05) is 6.61 Å². The van der Waals surface area contributed by atoms with E-state index in [1.807, 2.05) is 0 Å². The number of rotatable bonds is 2. The first kappa shape index (κ1) is 13.6. The summed E-state index contributed by atoms with van der Waals surface area (Å²) in [6.45, 7) is 1.97. The van der Waals surface area contributed by atoms with E-state index in [0.29, 0.717) is 17.0 Å². The third kappa shape index (κ3) is 3.55. The minimum Gasteiger partial charge on any atom is -0.384 e. The molecule has 2 rings (SSSR count). The van der Waals surface area contributed by atoms with Gasteiger partial charge in [-0.15, -0.1) is 0 Å². The maximum Gasteiger partial charge on any atom is 0.253 e. The molecule has 0 spiro atoms. The molecule has 1 heterocycles. The van der Waals surface area contributed by atoms with Gasteiger partial charge < -0.3 is 10.4 Å². The fourth-order valence-corrected chi connectivity index (χ4v) is 2.39. The van der Waals surface area contributed by atoms with Crippen LogP contribution >= 0.6 is 0 Å². The molecule has 0 aromatic carbocycles. The predicted molar refractivity (Wildman–Crippen MR) is 72.5 cm³/mol. The smallest absolute Gasteiger partial charge is 0.253 e. The van der Waals surface area contributed by atoms with Crippen LogP contribution in [0, 0.1) is 17.8 Å². The van der Waals surface area contributed by atoms with Gasteiger partial charge in [0.05, 0.1) is 5.56 Å². The lowest BCUT2D eigenvalue weighted by molar-refractivity contribution is 0.0929. The SMILES string of the molecule is CC1CCCC1NC(=O)c1cncc(C#CCO)c1. The molecule has 2 unspecified atom stereocenters. The number of amides is 1. The van der Waals surface area contributed by atoms with Gasteiger partial charge >= 0.3 is 0 Å². The van der Waals surface area contributed by atoms with Crippen molar-refractivity contribution in [3.05, 3.63) is 29.6 Å². The molecule has 1 aliphatic carbocycles. The Morgan fingerprint density at radius 3 is 3.05 bits per heavy atom. The van der Waals surface area contributed by atoms with Crippen LogP contribution < -0.4 is 5.32 Å². The molecule has 0 radical (unpaired) electrons. The number of nitrogens with zero attached hydrogens (tertiary/aromatic N) is 1. The lowest BCUT2D eigenvalue weighted by Gasteiger charge is -2.17. The molecule has 4 heteroatoms. The summed E-state index contributed by atoms with van der Waals surface area (Å²) in [7, 11) is 0. The first-order chi connectivity index (χ1) is 9.20. The molecule has 1 amide bonds. The van der Waals surface area contributed by atoms with Gasteiger partial charge in [0.1, 0.15) is 6.61 Å². The average Bonchev–Trinajstić information content (AvgIpc) is 2.82. The number of aromatic nitrogens is 1. The molecule has 0 saturated heterocycles. The summed E-state index contributed by atoms with van der Waals surface area (Å²) in [6.07, 6.45) is 6.51. The summed E-state index contributed by atoms with van der Waals surface area (Å²) in [5.41, 5.74) is 1.16. The number of nitrogens with one attached hydrogen (secondary N) is 1. The molecular weight excluding hydrogens is 240 g/mol. The summed E-state index contributed by atoms with van der Waals surface area (Å²) >= 11 is 0. The zero-order chi connectivity index (χ0) is 13.7. The van der Waals surface area contributed by atoms with Gasteiger partial charge in [-0.1, -0.05) is 25.2 Å². The van der Waals surface area contributed by atoms with E-state index in [1.165, 1.54) is 12.8 Å². The fraction of sp³-hybridized carbons (Fsp3) is 0.467. The molecule has 19 heavy (non-hydrogen) atoms. The van der Waals surface area contributed by atoms with Crippen LogP contribution in [0.2, 0.25) is 0 Å². The highest BCUT2D eigenvalue weighted by atomic mass is 16.2. The van der Waals surface area contributed by atoms with Crippen LogP contribution in [-0.4, -0.2) is 28.6 Å². The van der Waals surface area contributed by atoms with Crippen molar-refractivity contribution >= 4 is 5.91 Å². The zero-order valence-corrected chi connectivity index (χ0v) is 11.0. The third-order valence-corrected chi connectivity index (χ3v) is 3.49. The number of aliphatic hydroxyl groups is 1. The van der Waals surface area contributed by atoms with Gasteiger partial charge in [0.25, 0.3) is 5.91 Å². The molecule has 1 aromatic rings. The minimum atomic E-state index is -0.198. The Morgan fingerprint density at radius 1 is 1.53 bits per heavy atom. The topological polar surface area (TPSA) is 62.2 Å². The van der Waals surface area contributed by atoms with Crippen LogP contribution in [0.15, 0.2) is 18.5 Å². The molecule has 100 valence electrons. The Labute approximate surface area is 113 Å². The highest BCUT2D eigenvalue weighted by Crippen LogP contribution is 2.25. The summed E-state index contributed by atoms with van der Waals surface area (Å²) in [5, 5.41) is 11.7. The van der Waals surface area contributed by atoms with Crippen LogP contribution in [0.25, 0.3) is 0 Å². The highest BCUT2D eigenvalue weighted by Gasteiger charge is 2.25. The van der Waals surface area contributed by atoms with Crippen LogP contribution in [0.3, 0.4) is 0 Å². The molecule has 4 nitrogen and oxygen atoms in total. The van der Waals surface area contributed by atoms with Crippen molar-refractivity contribution in [1.82, 2.24) is 10.3 Å². The van der Waals surface area contributed by atoms with Crippen LogP contribution in [0.5, 0.6) is 0 Å². The van der Waals surface area contributed by atoms with Gasteiger partial charge in [0, 0.05) is 24.0 Å². The number of pyridine rings is 1. The summed E-state index contributed by atoms with van der Waals surface area (Å²) in [6, 6.07) is 1.96. The van der Waals surface area contributed by atoms with E-state index < -0.39 is 0 Å². The molecule has 2 atom stereocenters. The van der Waals surface area contributed by atoms with Crippen molar-refractivity contribution in [2.24, 2.45) is 5.92 Å². The molecule has 1 saturated carbocycles. The Balaban J connectivity index is 2.06. The van der Waals surface area contributed by atoms with Crippen molar-refractivity contribution in [3.8, 4) is 11.8 Å². The summed E-state index contributed by atoms with van der Waals surface area (Å²) in [5.74, 6) is 5.73. The number of carbonyl (C=O) groups excluding carboxylic acids is 1. The molecule has 0 aliphatic heterocycles. The van der Waals surface area contributed by atoms with E-state index in [0.717, 1.165) is 6.42 Å². The second kappa shape index (κ2) is 6.35. The minimum absolute atomic E-state index is 0.0982. The van der Waals surface area contributed by atoms with Gasteiger partial charge in [0.2, 0.25) is 0 Å². The summed E-state index contributed by atoms with van der Waals surface area (Å²) < 4.78 is 0. The van der Waals surface area contributed by atoms with Gasteiger partial charge in [-0.05, 0) is 24.8 Å². The van der Waals surface area contributed by atoms with E-state index in [4.69, 9.17) is 5.11 Å². The third-order valence-electron chi connectivity index (χ3n) is 3.49. The lowest BCUT2D eigenvalue weighted by atomic mass is 10.1. The van der Waals surface area contributed by atoms with Gasteiger partial charge in [0.15, 0.2) is 0 Å². The molecule has 1 aliphatic rings. The van der Waals surface area contributed by atoms with E-state index >= 15 is 0 Å². The number of hydrogen-bond acceptors (Lipinski definition) is 3. The molecule has 1 aromatic heterocycles. The summed E-state index contributed by atoms with van der Waals surface area (Å²) in [4.78, 5) is 16.1. The largest absolute Gasteiger partial charge is 0.384 e. The van der Waals surface area contributed by atoms with Gasteiger partial charge in [-0.3, -0.25) is 9.78 Å². The Kier molecular flexibility index (Phi) is 4.53. The van der Waals surface area contributed by atoms with E-state index in [-0.39, 0.29) is 18.6 Å². The Bertz CT molecular complexity index is 516. The predicted octanol–water partition coefficient (Wildman–Crippen LogP) is 1.34. The molecular formula is C15H18N2O2. The van der Waals surface area contributed by atoms with Crippen molar-refractivity contribution in [1.29, 1.82) is 0 Å². The highest BCUT2D eigenvalue weighted by molar-refractivity contribution is 5.94. The Hall–Kier alpha value is -1.86. The van der Waals surface area contributed by atoms with Gasteiger partial charge in [-0.2, -0.15) is 0 Å². The van der Waals surface area contributed by atoms with Crippen molar-refractivity contribution in [2.45, 2.75) is 32.2 Å². The van der Waals surface area contributed by atoms with Crippen molar-refractivity contribution < 1.29 is 9.90 Å². The second-order valence-corrected chi connectivity index (χ2v) is 4.91. The van der Waals surface area contributed by atoms with Crippen LogP contribution in [0.4, 0.5) is 0 Å². The van der Waals surface area contributed by atoms with E-state index in [9.17, 15) is 4.79 Å².